The maximum absolute atomic E-state index is 6.05. The molecule has 0 saturated heterocycles. The van der Waals surface area contributed by atoms with E-state index in [0.29, 0.717) is 5.41 Å². The Hall–Kier alpha value is 0.250. The van der Waals surface area contributed by atoms with Gasteiger partial charge >= 0.3 is 0 Å². The quantitative estimate of drug-likeness (QED) is 0.605. The molecule has 1 unspecified atom stereocenters. The van der Waals surface area contributed by atoms with Crippen LogP contribution in [0.15, 0.2) is 0 Å². The molecule has 1 saturated carbocycles. The highest BCUT2D eigenvalue weighted by Crippen LogP contribution is 2.39. The van der Waals surface area contributed by atoms with Crippen LogP contribution in [-0.4, -0.2) is 5.54 Å². The van der Waals surface area contributed by atoms with Crippen LogP contribution < -0.4 is 5.73 Å². The van der Waals surface area contributed by atoms with E-state index >= 15 is 0 Å². The van der Waals surface area contributed by atoms with Gasteiger partial charge in [-0.3, -0.25) is 0 Å². The lowest BCUT2D eigenvalue weighted by molar-refractivity contribution is 0.164. The van der Waals surface area contributed by atoms with Crippen LogP contribution in [-0.2, 0) is 0 Å². The molecule has 2 heteroatoms. The average Bonchev–Trinajstić information content (AvgIpc) is 1.56. The summed E-state index contributed by atoms with van der Waals surface area (Å²) in [6.45, 7) is 6.81. The third-order valence-corrected chi connectivity index (χ3v) is 2.48. The van der Waals surface area contributed by atoms with Crippen LogP contribution in [0.5, 0.6) is 0 Å². The lowest BCUT2D eigenvalue weighted by Gasteiger charge is -2.40. The van der Waals surface area contributed by atoms with Gasteiger partial charge in [0.25, 0.3) is 0 Å². The van der Waals surface area contributed by atoms with Crippen molar-refractivity contribution in [3.8, 4) is 0 Å². The van der Waals surface area contributed by atoms with Gasteiger partial charge < -0.3 is 5.73 Å². The molecule has 0 bridgehead atoms. The summed E-state index contributed by atoms with van der Waals surface area (Å²) in [7, 11) is 0. The Labute approximate surface area is 76.1 Å². The predicted molar refractivity (Wildman–Crippen MR) is 52.1 cm³/mol. The minimum Gasteiger partial charge on any atom is -0.325 e. The van der Waals surface area contributed by atoms with Gasteiger partial charge in [0.15, 0.2) is 0 Å². The van der Waals surface area contributed by atoms with Gasteiger partial charge in [-0.15, -0.1) is 12.4 Å². The summed E-state index contributed by atoms with van der Waals surface area (Å²) >= 11 is 0. The predicted octanol–water partition coefficient (Wildman–Crippen LogP) is 2.73. The van der Waals surface area contributed by atoms with Crippen molar-refractivity contribution < 1.29 is 0 Å². The fraction of sp³-hybridized carbons (Fsp3) is 1.00. The zero-order valence-corrected chi connectivity index (χ0v) is 8.63. The summed E-state index contributed by atoms with van der Waals surface area (Å²) in [5.74, 6) is 0. The molecule has 1 rings (SSSR count). The second-order valence-electron chi connectivity index (χ2n) is 4.85. The standard InChI is InChI=1S/C9H19N.ClH/c1-8(2)5-4-6-9(3,10)7-8;/h4-7,10H2,1-3H3;1H. The van der Waals surface area contributed by atoms with Crippen LogP contribution in [0.1, 0.15) is 46.5 Å². The summed E-state index contributed by atoms with van der Waals surface area (Å²) in [4.78, 5) is 0. The summed E-state index contributed by atoms with van der Waals surface area (Å²) in [5.41, 5.74) is 6.65. The molecule has 0 aromatic heterocycles. The highest BCUT2D eigenvalue weighted by atomic mass is 35.5. The largest absolute Gasteiger partial charge is 0.325 e. The molecule has 0 amide bonds. The van der Waals surface area contributed by atoms with E-state index in [1.807, 2.05) is 0 Å². The molecule has 1 fully saturated rings. The van der Waals surface area contributed by atoms with E-state index in [9.17, 15) is 0 Å². The van der Waals surface area contributed by atoms with Crippen LogP contribution in [0.4, 0.5) is 0 Å². The van der Waals surface area contributed by atoms with Crippen molar-refractivity contribution in [2.75, 3.05) is 0 Å². The van der Waals surface area contributed by atoms with Crippen molar-refractivity contribution >= 4 is 12.4 Å². The number of hydrogen-bond donors (Lipinski definition) is 1. The van der Waals surface area contributed by atoms with Crippen LogP contribution >= 0.6 is 12.4 Å². The van der Waals surface area contributed by atoms with Gasteiger partial charge in [-0.05, 0) is 31.6 Å². The van der Waals surface area contributed by atoms with Gasteiger partial charge in [-0.2, -0.15) is 0 Å². The molecule has 0 aliphatic heterocycles. The SMILES string of the molecule is CC1(C)CCCC(C)(N)C1.Cl. The van der Waals surface area contributed by atoms with Crippen molar-refractivity contribution in [2.45, 2.75) is 52.0 Å². The molecule has 0 aromatic carbocycles. The highest BCUT2D eigenvalue weighted by Gasteiger charge is 2.33. The third kappa shape index (κ3) is 3.44. The van der Waals surface area contributed by atoms with Gasteiger partial charge in [-0.1, -0.05) is 20.3 Å². The topological polar surface area (TPSA) is 26.0 Å². The number of rotatable bonds is 0. The lowest BCUT2D eigenvalue weighted by atomic mass is 9.69. The van der Waals surface area contributed by atoms with E-state index in [0.717, 1.165) is 0 Å². The lowest BCUT2D eigenvalue weighted by Crippen LogP contribution is -2.43. The van der Waals surface area contributed by atoms with Gasteiger partial charge in [0, 0.05) is 5.54 Å². The fourth-order valence-corrected chi connectivity index (χ4v) is 2.24. The average molecular weight is 178 g/mol. The summed E-state index contributed by atoms with van der Waals surface area (Å²) in [6, 6.07) is 0. The summed E-state index contributed by atoms with van der Waals surface area (Å²) in [5, 5.41) is 0. The minimum absolute atomic E-state index is 0. The van der Waals surface area contributed by atoms with Crippen molar-refractivity contribution in [3.05, 3.63) is 0 Å². The molecule has 0 aromatic rings. The first-order valence-electron chi connectivity index (χ1n) is 4.20. The zero-order valence-electron chi connectivity index (χ0n) is 7.81. The fourth-order valence-electron chi connectivity index (χ4n) is 2.24. The molecule has 68 valence electrons. The Bertz CT molecular complexity index is 116. The van der Waals surface area contributed by atoms with Gasteiger partial charge in [0.1, 0.15) is 0 Å². The molecule has 2 N–H and O–H groups in total. The smallest absolute Gasteiger partial charge is 0.0131 e. The Morgan fingerprint density at radius 2 is 1.64 bits per heavy atom. The summed E-state index contributed by atoms with van der Waals surface area (Å²) in [6.07, 6.45) is 5.04. The van der Waals surface area contributed by atoms with E-state index < -0.39 is 0 Å². The zero-order chi connectivity index (χ0) is 7.83. The maximum atomic E-state index is 6.05. The number of halogens is 1. The molecule has 1 aliphatic carbocycles. The molecule has 0 radical (unpaired) electrons. The second kappa shape index (κ2) is 3.32. The molecule has 1 nitrogen and oxygen atoms in total. The normalized spacial score (nSPS) is 36.0. The molecular formula is C9H20ClN. The first-order valence-corrected chi connectivity index (χ1v) is 4.20. The van der Waals surface area contributed by atoms with E-state index in [1.54, 1.807) is 0 Å². The summed E-state index contributed by atoms with van der Waals surface area (Å²) < 4.78 is 0. The van der Waals surface area contributed by atoms with Crippen molar-refractivity contribution in [2.24, 2.45) is 11.1 Å². The Morgan fingerprint density at radius 3 is 1.91 bits per heavy atom. The molecule has 1 atom stereocenters. The highest BCUT2D eigenvalue weighted by molar-refractivity contribution is 5.85. The Kier molecular flexibility index (Phi) is 3.40. The molecule has 1 aliphatic rings. The van der Waals surface area contributed by atoms with Crippen molar-refractivity contribution in [1.29, 1.82) is 0 Å². The van der Waals surface area contributed by atoms with E-state index in [4.69, 9.17) is 5.73 Å². The van der Waals surface area contributed by atoms with E-state index in [2.05, 4.69) is 20.8 Å². The Balaban J connectivity index is 0.000001000. The van der Waals surface area contributed by atoms with Gasteiger partial charge in [0.2, 0.25) is 0 Å². The van der Waals surface area contributed by atoms with Gasteiger partial charge in [0.05, 0.1) is 0 Å². The van der Waals surface area contributed by atoms with Crippen molar-refractivity contribution in [3.63, 3.8) is 0 Å². The van der Waals surface area contributed by atoms with E-state index in [-0.39, 0.29) is 17.9 Å². The van der Waals surface area contributed by atoms with Gasteiger partial charge in [-0.25, -0.2) is 0 Å². The van der Waals surface area contributed by atoms with Crippen LogP contribution in [0.2, 0.25) is 0 Å². The third-order valence-electron chi connectivity index (χ3n) is 2.48. The molecule has 11 heavy (non-hydrogen) atoms. The molecule has 0 spiro atoms. The maximum Gasteiger partial charge on any atom is 0.0131 e. The van der Waals surface area contributed by atoms with Crippen LogP contribution in [0, 0.1) is 5.41 Å². The first kappa shape index (κ1) is 11.2. The monoisotopic (exact) mass is 177 g/mol. The Morgan fingerprint density at radius 1 is 1.09 bits per heavy atom. The number of nitrogens with two attached hydrogens (primary N) is 1. The molecule has 0 heterocycles. The first-order chi connectivity index (χ1) is 4.41. The van der Waals surface area contributed by atoms with E-state index in [1.165, 1.54) is 25.7 Å². The van der Waals surface area contributed by atoms with Crippen LogP contribution in [0.25, 0.3) is 0 Å². The second-order valence-corrected chi connectivity index (χ2v) is 4.85. The molecular weight excluding hydrogens is 158 g/mol. The minimum atomic E-state index is 0. The number of hydrogen-bond acceptors (Lipinski definition) is 1. The van der Waals surface area contributed by atoms with Crippen molar-refractivity contribution in [1.82, 2.24) is 0 Å². The van der Waals surface area contributed by atoms with Crippen LogP contribution in [0.3, 0.4) is 0 Å².